The second-order valence-corrected chi connectivity index (χ2v) is 7.93. The van der Waals surface area contributed by atoms with Crippen molar-refractivity contribution in [1.82, 2.24) is 10.0 Å². The van der Waals surface area contributed by atoms with E-state index < -0.39 is 17.1 Å². The van der Waals surface area contributed by atoms with Crippen molar-refractivity contribution in [1.29, 1.82) is 0 Å². The number of rotatable bonds is 9. The van der Waals surface area contributed by atoms with E-state index in [1.165, 1.54) is 0 Å². The Morgan fingerprint density at radius 1 is 1.11 bits per heavy atom. The number of ether oxygens (including phenoxy) is 1. The van der Waals surface area contributed by atoms with Gasteiger partial charge in [0.15, 0.2) is 0 Å². The van der Waals surface area contributed by atoms with Crippen LogP contribution >= 0.6 is 0 Å². The van der Waals surface area contributed by atoms with Crippen LogP contribution in [0.25, 0.3) is 0 Å². The van der Waals surface area contributed by atoms with Crippen LogP contribution in [0.3, 0.4) is 0 Å². The number of alkyl carbamates (subject to hydrolysis) is 1. The number of hydrogen-bond acceptors (Lipinski definition) is 3. The first-order valence-electron chi connectivity index (χ1n) is 9.18. The van der Waals surface area contributed by atoms with Gasteiger partial charge in [-0.25, -0.2) is 13.7 Å². The predicted molar refractivity (Wildman–Crippen MR) is 109 cm³/mol. The van der Waals surface area contributed by atoms with Crippen molar-refractivity contribution in [3.05, 3.63) is 65.7 Å². The van der Waals surface area contributed by atoms with E-state index in [1.54, 1.807) is 0 Å². The highest BCUT2D eigenvalue weighted by Gasteiger charge is 2.20. The van der Waals surface area contributed by atoms with Gasteiger partial charge in [0.1, 0.15) is 17.6 Å². The fourth-order valence-electron chi connectivity index (χ4n) is 2.51. The SMILES string of the molecule is CCC(C)[C@@H](CNS(=O)c1ccc(C)cc1)NC(=O)OCc1ccccc1. The van der Waals surface area contributed by atoms with Gasteiger partial charge in [0.25, 0.3) is 0 Å². The lowest BCUT2D eigenvalue weighted by Crippen LogP contribution is -2.46. The molecule has 27 heavy (non-hydrogen) atoms. The van der Waals surface area contributed by atoms with Crippen molar-refractivity contribution in [2.24, 2.45) is 5.92 Å². The molecule has 146 valence electrons. The summed E-state index contributed by atoms with van der Waals surface area (Å²) < 4.78 is 20.7. The average molecular weight is 389 g/mol. The Hall–Kier alpha value is -2.18. The van der Waals surface area contributed by atoms with E-state index in [1.807, 2.05) is 61.5 Å². The summed E-state index contributed by atoms with van der Waals surface area (Å²) in [6, 6.07) is 16.9. The lowest BCUT2D eigenvalue weighted by atomic mass is 10.00. The summed E-state index contributed by atoms with van der Waals surface area (Å²) in [5.74, 6) is 0.219. The third-order valence-electron chi connectivity index (χ3n) is 4.52. The molecule has 0 aliphatic heterocycles. The zero-order valence-electron chi connectivity index (χ0n) is 16.1. The maximum atomic E-state index is 12.4. The van der Waals surface area contributed by atoms with Crippen LogP contribution in [0.15, 0.2) is 59.5 Å². The summed E-state index contributed by atoms with van der Waals surface area (Å²) in [5, 5.41) is 2.90. The van der Waals surface area contributed by atoms with E-state index >= 15 is 0 Å². The van der Waals surface area contributed by atoms with Gasteiger partial charge >= 0.3 is 6.09 Å². The first-order valence-corrected chi connectivity index (χ1v) is 10.3. The van der Waals surface area contributed by atoms with Crippen LogP contribution in [0.5, 0.6) is 0 Å². The normalized spacial score (nSPS) is 14.2. The minimum Gasteiger partial charge on any atom is -0.445 e. The van der Waals surface area contributed by atoms with Crippen LogP contribution in [-0.2, 0) is 22.3 Å². The summed E-state index contributed by atoms with van der Waals surface area (Å²) >= 11 is 0. The van der Waals surface area contributed by atoms with Gasteiger partial charge in [-0.2, -0.15) is 0 Å². The third kappa shape index (κ3) is 7.15. The molecule has 1 amide bonds. The molecule has 0 heterocycles. The van der Waals surface area contributed by atoms with Crippen molar-refractivity contribution in [2.75, 3.05) is 6.54 Å². The van der Waals surface area contributed by atoms with Gasteiger partial charge in [-0.1, -0.05) is 68.3 Å². The van der Waals surface area contributed by atoms with Gasteiger partial charge in [0.05, 0.1) is 4.90 Å². The zero-order valence-corrected chi connectivity index (χ0v) is 16.9. The lowest BCUT2D eigenvalue weighted by molar-refractivity contribution is 0.132. The molecule has 0 aliphatic carbocycles. The molecule has 0 bridgehead atoms. The molecule has 0 saturated carbocycles. The molecule has 2 rings (SSSR count). The highest BCUT2D eigenvalue weighted by Crippen LogP contribution is 2.10. The van der Waals surface area contributed by atoms with Crippen LogP contribution < -0.4 is 10.0 Å². The largest absolute Gasteiger partial charge is 0.445 e. The number of benzene rings is 2. The molecule has 2 unspecified atom stereocenters. The molecule has 0 saturated heterocycles. The predicted octanol–water partition coefficient (Wildman–Crippen LogP) is 3.95. The number of carbonyl (C=O) groups is 1. The quantitative estimate of drug-likeness (QED) is 0.683. The van der Waals surface area contributed by atoms with Crippen molar-refractivity contribution in [3.63, 3.8) is 0 Å². The first kappa shape index (κ1) is 21.1. The molecule has 2 aromatic rings. The number of carbonyl (C=O) groups excluding carboxylic acids is 1. The Labute approximate surface area is 164 Å². The number of aryl methyl sites for hydroxylation is 1. The molecule has 0 fully saturated rings. The highest BCUT2D eigenvalue weighted by molar-refractivity contribution is 7.83. The van der Waals surface area contributed by atoms with E-state index in [-0.39, 0.29) is 18.6 Å². The van der Waals surface area contributed by atoms with E-state index in [0.29, 0.717) is 6.54 Å². The zero-order chi connectivity index (χ0) is 19.6. The summed E-state index contributed by atoms with van der Waals surface area (Å²) in [6.45, 7) is 6.73. The van der Waals surface area contributed by atoms with Gasteiger partial charge in [0.2, 0.25) is 0 Å². The van der Waals surface area contributed by atoms with Gasteiger partial charge in [-0.3, -0.25) is 0 Å². The Kier molecular flexibility index (Phi) is 8.48. The van der Waals surface area contributed by atoms with Crippen LogP contribution in [0, 0.1) is 12.8 Å². The number of nitrogens with one attached hydrogen (secondary N) is 2. The van der Waals surface area contributed by atoms with E-state index in [0.717, 1.165) is 22.4 Å². The molecule has 0 radical (unpaired) electrons. The Morgan fingerprint density at radius 3 is 2.41 bits per heavy atom. The topological polar surface area (TPSA) is 67.4 Å². The van der Waals surface area contributed by atoms with Gasteiger partial charge in [0, 0.05) is 12.6 Å². The van der Waals surface area contributed by atoms with Crippen molar-refractivity contribution >= 4 is 17.1 Å². The fourth-order valence-corrected chi connectivity index (χ4v) is 3.39. The van der Waals surface area contributed by atoms with Gasteiger partial charge < -0.3 is 10.1 Å². The summed E-state index contributed by atoms with van der Waals surface area (Å²) in [7, 11) is -1.32. The number of hydrogen-bond donors (Lipinski definition) is 2. The molecule has 5 nitrogen and oxygen atoms in total. The Balaban J connectivity index is 1.87. The Morgan fingerprint density at radius 2 is 1.78 bits per heavy atom. The van der Waals surface area contributed by atoms with Crippen molar-refractivity contribution in [2.45, 2.75) is 44.7 Å². The number of amides is 1. The standard InChI is InChI=1S/C21H28N2O3S/c1-4-17(3)20(14-22-27(25)19-12-10-16(2)11-13-19)23-21(24)26-15-18-8-6-5-7-9-18/h5-13,17,20,22H,4,14-15H2,1-3H3,(H,23,24)/t17?,20-,27?/m1/s1. The Bertz CT molecular complexity index is 735. The lowest BCUT2D eigenvalue weighted by Gasteiger charge is -2.24. The van der Waals surface area contributed by atoms with Gasteiger partial charge in [-0.15, -0.1) is 0 Å². The smallest absolute Gasteiger partial charge is 0.407 e. The maximum absolute atomic E-state index is 12.4. The highest BCUT2D eigenvalue weighted by atomic mass is 32.2. The minimum absolute atomic E-state index is 0.173. The van der Waals surface area contributed by atoms with Crippen molar-refractivity contribution < 1.29 is 13.7 Å². The molecule has 0 aliphatic rings. The molecule has 2 N–H and O–H groups in total. The van der Waals surface area contributed by atoms with Crippen LogP contribution in [-0.4, -0.2) is 22.9 Å². The maximum Gasteiger partial charge on any atom is 0.407 e. The van der Waals surface area contributed by atoms with Gasteiger partial charge in [-0.05, 0) is 30.5 Å². The summed E-state index contributed by atoms with van der Waals surface area (Å²) in [4.78, 5) is 12.9. The van der Waals surface area contributed by atoms with E-state index in [4.69, 9.17) is 4.74 Å². The average Bonchev–Trinajstić information content (AvgIpc) is 2.70. The second kappa shape index (κ2) is 10.8. The van der Waals surface area contributed by atoms with Crippen LogP contribution in [0.1, 0.15) is 31.4 Å². The molecule has 0 spiro atoms. The molecule has 6 heteroatoms. The molecular formula is C21H28N2O3S. The summed E-state index contributed by atoms with van der Waals surface area (Å²) in [5.41, 5.74) is 2.06. The van der Waals surface area contributed by atoms with E-state index in [9.17, 15) is 9.00 Å². The first-order chi connectivity index (χ1) is 13.0. The fraction of sp³-hybridized carbons (Fsp3) is 0.381. The second-order valence-electron chi connectivity index (χ2n) is 6.63. The van der Waals surface area contributed by atoms with Crippen LogP contribution in [0.4, 0.5) is 4.79 Å². The van der Waals surface area contributed by atoms with E-state index in [2.05, 4.69) is 23.9 Å². The summed E-state index contributed by atoms with van der Waals surface area (Å²) in [6.07, 6.45) is 0.426. The molecular weight excluding hydrogens is 360 g/mol. The molecule has 2 aromatic carbocycles. The van der Waals surface area contributed by atoms with Crippen LogP contribution in [0.2, 0.25) is 0 Å². The monoisotopic (exact) mass is 388 g/mol. The molecule has 0 aromatic heterocycles. The van der Waals surface area contributed by atoms with Crippen molar-refractivity contribution in [3.8, 4) is 0 Å². The molecule has 3 atom stereocenters. The third-order valence-corrected chi connectivity index (χ3v) is 5.65. The minimum atomic E-state index is -1.32.